The molecule has 1 atom stereocenters. The van der Waals surface area contributed by atoms with E-state index < -0.39 is 15.9 Å². The summed E-state index contributed by atoms with van der Waals surface area (Å²) in [4.78, 5) is 25.0. The van der Waals surface area contributed by atoms with Gasteiger partial charge in [0, 0.05) is 17.9 Å². The van der Waals surface area contributed by atoms with Crippen LogP contribution in [0, 0.1) is 11.8 Å². The second-order valence-electron chi connectivity index (χ2n) is 7.58. The number of hydrogen-bond donors (Lipinski definition) is 1. The molecule has 0 unspecified atom stereocenters. The van der Waals surface area contributed by atoms with Crippen molar-refractivity contribution >= 4 is 26.6 Å². The molecule has 1 amide bonds. The first-order valence-electron chi connectivity index (χ1n) is 9.45. The molecule has 1 saturated carbocycles. The lowest BCUT2D eigenvalue weighted by molar-refractivity contribution is -0.126. The second-order valence-corrected chi connectivity index (χ2v) is 9.52. The molecular weight excluding hydrogens is 380 g/mol. The number of amides is 1. The van der Waals surface area contributed by atoms with Crippen LogP contribution in [0.1, 0.15) is 25.7 Å². The molecule has 1 aliphatic carbocycles. The van der Waals surface area contributed by atoms with Gasteiger partial charge in [-0.05, 0) is 49.8 Å². The van der Waals surface area contributed by atoms with Crippen molar-refractivity contribution in [2.45, 2.75) is 38.3 Å². The molecule has 1 aromatic heterocycles. The molecule has 2 aromatic rings. The fourth-order valence-corrected chi connectivity index (χ4v) is 5.20. The lowest BCUT2D eigenvalue weighted by atomic mass is 9.81. The molecule has 28 heavy (non-hydrogen) atoms. The molecule has 1 N–H and O–H groups in total. The lowest BCUT2D eigenvalue weighted by Gasteiger charge is -2.28. The van der Waals surface area contributed by atoms with Crippen LogP contribution in [0.3, 0.4) is 0 Å². The number of benzene rings is 1. The van der Waals surface area contributed by atoms with E-state index in [1.54, 1.807) is 12.1 Å². The summed E-state index contributed by atoms with van der Waals surface area (Å²) in [6, 6.07) is 6.72. The molecule has 1 aromatic carbocycles. The first-order valence-corrected chi connectivity index (χ1v) is 11.2. The highest BCUT2D eigenvalue weighted by Gasteiger charge is 2.30. The normalized spacial score (nSPS) is 26.4. The van der Waals surface area contributed by atoms with Gasteiger partial charge in [0.2, 0.25) is 5.91 Å². The Morgan fingerprint density at radius 2 is 1.93 bits per heavy atom. The third kappa shape index (κ3) is 3.99. The number of fused-ring (bicyclic) bond motifs is 1. The summed E-state index contributed by atoms with van der Waals surface area (Å²) in [7, 11) is -3.18. The highest BCUT2D eigenvalue weighted by atomic mass is 32.2. The number of hydrogen-bond acceptors (Lipinski definition) is 6. The molecule has 0 spiro atoms. The molecule has 4 rings (SSSR count). The summed E-state index contributed by atoms with van der Waals surface area (Å²) in [5.74, 6) is 0.00154. The van der Waals surface area contributed by atoms with Gasteiger partial charge in [0.1, 0.15) is 5.52 Å². The molecule has 148 valence electrons. The van der Waals surface area contributed by atoms with E-state index in [1.165, 1.54) is 10.8 Å². The van der Waals surface area contributed by atoms with Crippen molar-refractivity contribution < 1.29 is 13.2 Å². The summed E-state index contributed by atoms with van der Waals surface area (Å²) < 4.78 is 24.3. The standard InChI is InChI=1S/C19H22N4O4S/c24-18(20-15-9-10-28(26,27)12-15)14-7-5-13(6-8-14)11-23-19(25)16-3-1-2-4-17(16)21-22-23/h1-4,9-10,13-15H,5-8,11-12H2,(H,20,24)/t13?,14?,15-/m1/s1. The Bertz CT molecular complexity index is 1080. The van der Waals surface area contributed by atoms with Crippen LogP contribution in [0.2, 0.25) is 0 Å². The van der Waals surface area contributed by atoms with Crippen molar-refractivity contribution in [3.05, 3.63) is 46.1 Å². The summed E-state index contributed by atoms with van der Waals surface area (Å²) in [5, 5.41) is 12.7. The Labute approximate surface area is 162 Å². The van der Waals surface area contributed by atoms with E-state index >= 15 is 0 Å². The number of sulfone groups is 1. The van der Waals surface area contributed by atoms with E-state index in [0.717, 1.165) is 31.1 Å². The van der Waals surface area contributed by atoms with Crippen LogP contribution in [0.4, 0.5) is 0 Å². The van der Waals surface area contributed by atoms with Gasteiger partial charge in [-0.25, -0.2) is 13.1 Å². The average Bonchev–Trinajstić information content (AvgIpc) is 3.03. The van der Waals surface area contributed by atoms with E-state index in [9.17, 15) is 18.0 Å². The zero-order chi connectivity index (χ0) is 19.7. The Morgan fingerprint density at radius 3 is 2.64 bits per heavy atom. The molecule has 2 heterocycles. The van der Waals surface area contributed by atoms with Gasteiger partial charge in [-0.2, -0.15) is 0 Å². The quantitative estimate of drug-likeness (QED) is 0.818. The van der Waals surface area contributed by atoms with Gasteiger partial charge < -0.3 is 5.32 Å². The predicted octanol–water partition coefficient (Wildman–Crippen LogP) is 1.02. The van der Waals surface area contributed by atoms with Crippen molar-refractivity contribution in [2.75, 3.05) is 5.75 Å². The summed E-state index contributed by atoms with van der Waals surface area (Å²) in [6.45, 7) is 0.495. The number of nitrogens with zero attached hydrogens (tertiary/aromatic N) is 3. The second kappa shape index (κ2) is 7.46. The fraction of sp³-hybridized carbons (Fsp3) is 0.474. The van der Waals surface area contributed by atoms with Gasteiger partial charge in [0.05, 0.1) is 17.2 Å². The Morgan fingerprint density at radius 1 is 1.18 bits per heavy atom. The predicted molar refractivity (Wildman–Crippen MR) is 104 cm³/mol. The van der Waals surface area contributed by atoms with Crippen LogP contribution in [-0.2, 0) is 21.2 Å². The maximum atomic E-state index is 12.6. The van der Waals surface area contributed by atoms with Gasteiger partial charge >= 0.3 is 0 Å². The molecule has 1 aliphatic heterocycles. The molecular formula is C19H22N4O4S. The van der Waals surface area contributed by atoms with E-state index in [2.05, 4.69) is 15.6 Å². The highest BCUT2D eigenvalue weighted by Crippen LogP contribution is 2.30. The molecule has 0 bridgehead atoms. The zero-order valence-electron chi connectivity index (χ0n) is 15.3. The van der Waals surface area contributed by atoms with E-state index in [-0.39, 0.29) is 29.1 Å². The van der Waals surface area contributed by atoms with Crippen LogP contribution in [0.15, 0.2) is 40.5 Å². The molecule has 2 aliphatic rings. The van der Waals surface area contributed by atoms with E-state index in [0.29, 0.717) is 17.4 Å². The van der Waals surface area contributed by atoms with Crippen molar-refractivity contribution in [3.8, 4) is 0 Å². The maximum Gasteiger partial charge on any atom is 0.277 e. The summed E-state index contributed by atoms with van der Waals surface area (Å²) >= 11 is 0. The monoisotopic (exact) mass is 402 g/mol. The van der Waals surface area contributed by atoms with Crippen LogP contribution in [0.5, 0.6) is 0 Å². The lowest BCUT2D eigenvalue weighted by Crippen LogP contribution is -2.41. The molecule has 0 radical (unpaired) electrons. The maximum absolute atomic E-state index is 12.6. The Balaban J connectivity index is 1.33. The van der Waals surface area contributed by atoms with Crippen LogP contribution in [0.25, 0.3) is 10.9 Å². The number of aromatic nitrogens is 3. The zero-order valence-corrected chi connectivity index (χ0v) is 16.1. The Hall–Kier alpha value is -2.55. The molecule has 9 heteroatoms. The number of rotatable bonds is 4. The van der Waals surface area contributed by atoms with Gasteiger partial charge in [0.25, 0.3) is 5.56 Å². The van der Waals surface area contributed by atoms with E-state index in [4.69, 9.17) is 0 Å². The summed E-state index contributed by atoms with van der Waals surface area (Å²) in [5.41, 5.74) is 0.451. The molecule has 1 fully saturated rings. The van der Waals surface area contributed by atoms with Crippen LogP contribution >= 0.6 is 0 Å². The first kappa shape index (κ1) is 18.8. The van der Waals surface area contributed by atoms with Crippen molar-refractivity contribution in [2.24, 2.45) is 11.8 Å². The molecule has 0 saturated heterocycles. The Kier molecular flexibility index (Phi) is 5.01. The van der Waals surface area contributed by atoms with Gasteiger partial charge in [0.15, 0.2) is 9.84 Å². The van der Waals surface area contributed by atoms with Crippen molar-refractivity contribution in [3.63, 3.8) is 0 Å². The summed E-state index contributed by atoms with van der Waals surface area (Å²) in [6.07, 6.45) is 4.60. The topological polar surface area (TPSA) is 111 Å². The van der Waals surface area contributed by atoms with Gasteiger partial charge in [-0.15, -0.1) is 5.10 Å². The number of carbonyl (C=O) groups is 1. The van der Waals surface area contributed by atoms with Crippen LogP contribution < -0.4 is 10.9 Å². The van der Waals surface area contributed by atoms with Gasteiger partial charge in [-0.3, -0.25) is 9.59 Å². The minimum atomic E-state index is -3.18. The third-order valence-electron chi connectivity index (χ3n) is 5.54. The van der Waals surface area contributed by atoms with E-state index in [1.807, 2.05) is 12.1 Å². The van der Waals surface area contributed by atoms with Crippen molar-refractivity contribution in [1.29, 1.82) is 0 Å². The smallest absolute Gasteiger partial charge is 0.277 e. The minimum absolute atomic E-state index is 0.0579. The van der Waals surface area contributed by atoms with Crippen molar-refractivity contribution in [1.82, 2.24) is 20.3 Å². The average molecular weight is 402 g/mol. The number of nitrogens with one attached hydrogen (secondary N) is 1. The highest BCUT2D eigenvalue weighted by molar-refractivity contribution is 7.94. The number of carbonyl (C=O) groups excluding carboxylic acids is 1. The molecule has 8 nitrogen and oxygen atoms in total. The fourth-order valence-electron chi connectivity index (χ4n) is 3.96. The third-order valence-corrected chi connectivity index (χ3v) is 6.93. The SMILES string of the molecule is O=C(N[C@@H]1C=CS(=O)(=O)C1)C1CCC(Cn2nnc3ccccc3c2=O)CC1. The minimum Gasteiger partial charge on any atom is -0.349 e. The largest absolute Gasteiger partial charge is 0.349 e. The van der Waals surface area contributed by atoms with Crippen LogP contribution in [-0.4, -0.2) is 41.1 Å². The first-order chi connectivity index (χ1) is 13.4. The van der Waals surface area contributed by atoms with Gasteiger partial charge in [-0.1, -0.05) is 17.3 Å².